The number of fused-ring (bicyclic) bond motifs is 3. The van der Waals surface area contributed by atoms with E-state index in [1.54, 1.807) is 0 Å². The van der Waals surface area contributed by atoms with Crippen molar-refractivity contribution in [1.29, 1.82) is 0 Å². The molecule has 1 aromatic rings. The molecule has 1 N–H and O–H groups in total. The van der Waals surface area contributed by atoms with E-state index >= 15 is 0 Å². The Bertz CT molecular complexity index is 1290. The van der Waals surface area contributed by atoms with Crippen molar-refractivity contribution in [3.8, 4) is 0 Å². The third kappa shape index (κ3) is 8.80. The van der Waals surface area contributed by atoms with Gasteiger partial charge in [0.25, 0.3) is 5.69 Å². The van der Waals surface area contributed by atoms with Gasteiger partial charge in [0, 0.05) is 43.4 Å². The Hall–Kier alpha value is -2.84. The second-order valence-corrected chi connectivity index (χ2v) is 15.4. The lowest BCUT2D eigenvalue weighted by atomic mass is 9.43. The van der Waals surface area contributed by atoms with Crippen LogP contribution in [-0.4, -0.2) is 35.4 Å². The van der Waals surface area contributed by atoms with Crippen LogP contribution in [0.25, 0.3) is 0 Å². The Labute approximate surface area is 279 Å². The smallest absolute Gasteiger partial charge is 0.338 e. The van der Waals surface area contributed by atoms with Crippen LogP contribution in [0.1, 0.15) is 141 Å². The molecule has 4 rings (SSSR count). The number of nitro groups is 1. The predicted molar refractivity (Wildman–Crippen MR) is 180 cm³/mol. The zero-order valence-electron chi connectivity index (χ0n) is 29.2. The minimum atomic E-state index is -2.66. The monoisotopic (exact) mass is 658 g/mol. The van der Waals surface area contributed by atoms with Crippen molar-refractivity contribution in [3.63, 3.8) is 0 Å². The highest BCUT2D eigenvalue weighted by molar-refractivity contribution is 5.89. The van der Waals surface area contributed by atoms with Gasteiger partial charge in [-0.15, -0.1) is 0 Å². The molecule has 9 heteroatoms. The van der Waals surface area contributed by atoms with Crippen molar-refractivity contribution < 1.29 is 28.0 Å². The van der Waals surface area contributed by atoms with E-state index in [9.17, 15) is 28.5 Å². The Kier molecular flexibility index (Phi) is 12.3. The summed E-state index contributed by atoms with van der Waals surface area (Å²) in [6.45, 7) is 11.4. The number of non-ortho nitro benzene ring substituents is 1. The van der Waals surface area contributed by atoms with Crippen LogP contribution < -0.4 is 5.32 Å². The van der Waals surface area contributed by atoms with Crippen LogP contribution in [0.3, 0.4) is 0 Å². The normalized spacial score (nSPS) is 27.0. The minimum Gasteiger partial charge on any atom is -0.458 e. The number of halogens is 2. The molecule has 2 fully saturated rings. The first-order valence-electron chi connectivity index (χ1n) is 18.0. The van der Waals surface area contributed by atoms with Crippen molar-refractivity contribution in [2.45, 2.75) is 143 Å². The number of nitrogens with zero attached hydrogens (tertiary/aromatic N) is 1. The maximum absolute atomic E-state index is 14.2. The number of alkyl halides is 2. The summed E-state index contributed by atoms with van der Waals surface area (Å²) in [6, 6.07) is 5.58. The number of nitro benzene ring substituents is 1. The van der Waals surface area contributed by atoms with E-state index in [1.165, 1.54) is 35.4 Å². The first-order valence-corrected chi connectivity index (χ1v) is 18.0. The fraction of sp³-hybridized carbons (Fsp3) is 0.737. The lowest BCUT2D eigenvalue weighted by Gasteiger charge is -2.62. The van der Waals surface area contributed by atoms with Gasteiger partial charge in [-0.1, -0.05) is 58.1 Å². The zero-order chi connectivity index (χ0) is 34.4. The van der Waals surface area contributed by atoms with E-state index < -0.39 is 16.8 Å². The highest BCUT2D eigenvalue weighted by Crippen LogP contribution is 2.65. The molecule has 1 amide bonds. The third-order valence-electron chi connectivity index (χ3n) is 12.0. The van der Waals surface area contributed by atoms with Gasteiger partial charge in [0.1, 0.15) is 6.10 Å². The van der Waals surface area contributed by atoms with E-state index in [2.05, 4.69) is 39.9 Å². The van der Waals surface area contributed by atoms with Crippen LogP contribution in [0.4, 0.5) is 14.5 Å². The fourth-order valence-electron chi connectivity index (χ4n) is 9.39. The number of nitrogens with one attached hydrogen (secondary N) is 1. The van der Waals surface area contributed by atoms with Gasteiger partial charge >= 0.3 is 5.97 Å². The summed E-state index contributed by atoms with van der Waals surface area (Å²) < 4.78 is 34.5. The number of carbonyl (C=O) groups is 2. The average Bonchev–Trinajstić information content (AvgIpc) is 3.02. The molecule has 262 valence electrons. The molecule has 0 radical (unpaired) electrons. The summed E-state index contributed by atoms with van der Waals surface area (Å²) in [4.78, 5) is 36.4. The highest BCUT2D eigenvalue weighted by Gasteiger charge is 2.59. The number of hydrogen-bond donors (Lipinski definition) is 1. The second-order valence-electron chi connectivity index (χ2n) is 15.4. The van der Waals surface area contributed by atoms with E-state index in [-0.39, 0.29) is 47.9 Å². The van der Waals surface area contributed by atoms with Gasteiger partial charge in [0.15, 0.2) is 0 Å². The number of unbranched alkanes of at least 4 members (excludes halogenated alkanes) is 3. The number of allylic oxidation sites excluding steroid dienone is 2. The number of esters is 1. The molecule has 3 aliphatic rings. The number of carbonyl (C=O) groups excluding carboxylic acids is 2. The number of hydrogen-bond acceptors (Lipinski definition) is 5. The lowest BCUT2D eigenvalue weighted by Crippen LogP contribution is -2.57. The van der Waals surface area contributed by atoms with Crippen LogP contribution in [0.15, 0.2) is 35.4 Å². The lowest BCUT2D eigenvalue weighted by molar-refractivity contribution is -0.384. The Morgan fingerprint density at radius 3 is 2.40 bits per heavy atom. The van der Waals surface area contributed by atoms with Crippen molar-refractivity contribution in [1.82, 2.24) is 5.32 Å². The summed E-state index contributed by atoms with van der Waals surface area (Å²) >= 11 is 0. The molecule has 0 saturated heterocycles. The molecule has 0 aliphatic heterocycles. The maximum Gasteiger partial charge on any atom is 0.338 e. The fourth-order valence-corrected chi connectivity index (χ4v) is 9.39. The zero-order valence-corrected chi connectivity index (χ0v) is 29.2. The minimum absolute atomic E-state index is 0.0601. The maximum atomic E-state index is 14.2. The van der Waals surface area contributed by atoms with Gasteiger partial charge in [-0.3, -0.25) is 14.9 Å². The summed E-state index contributed by atoms with van der Waals surface area (Å²) in [7, 11) is 0. The van der Waals surface area contributed by atoms with E-state index in [0.717, 1.165) is 57.8 Å². The Morgan fingerprint density at radius 1 is 1.02 bits per heavy atom. The SMILES string of the molecule is CCCCCCC(F)(F)CCCNC(=O)CCC1=C(C)CC[C@H]2[C@H]1CC[C@H]1C(C)(C)[C@@H](OC(=O)c3ccc([N+](=O)[O-])cc3)CC[C@]21C. The topological polar surface area (TPSA) is 98.5 Å². The molecular formula is C38H56F2N2O5. The van der Waals surface area contributed by atoms with Crippen LogP contribution in [-0.2, 0) is 9.53 Å². The molecule has 0 spiro atoms. The number of rotatable bonds is 15. The molecule has 0 bridgehead atoms. The van der Waals surface area contributed by atoms with Crippen LogP contribution >= 0.6 is 0 Å². The molecule has 3 aliphatic carbocycles. The van der Waals surface area contributed by atoms with Gasteiger partial charge in [-0.05, 0) is 100 Å². The molecule has 5 atom stereocenters. The van der Waals surface area contributed by atoms with Crippen LogP contribution in [0, 0.1) is 38.7 Å². The molecule has 0 aromatic heterocycles. The quantitative estimate of drug-likeness (QED) is 0.0665. The average molecular weight is 659 g/mol. The largest absolute Gasteiger partial charge is 0.458 e. The molecular weight excluding hydrogens is 602 g/mol. The number of ether oxygens (including phenoxy) is 1. The second kappa shape index (κ2) is 15.6. The summed E-state index contributed by atoms with van der Waals surface area (Å²) in [6.07, 6.45) is 10.2. The van der Waals surface area contributed by atoms with E-state index in [0.29, 0.717) is 49.0 Å². The molecule has 2 saturated carbocycles. The first kappa shape index (κ1) is 37.0. The van der Waals surface area contributed by atoms with Crippen molar-refractivity contribution in [2.24, 2.45) is 28.6 Å². The number of amides is 1. The van der Waals surface area contributed by atoms with E-state index in [1.807, 2.05) is 0 Å². The Balaban J connectivity index is 1.31. The molecule has 0 heterocycles. The van der Waals surface area contributed by atoms with Gasteiger partial charge in [-0.2, -0.15) is 0 Å². The molecule has 1 aromatic carbocycles. The molecule has 7 nitrogen and oxygen atoms in total. The molecule has 0 unspecified atom stereocenters. The van der Waals surface area contributed by atoms with Crippen LogP contribution in [0.5, 0.6) is 0 Å². The first-order chi connectivity index (χ1) is 22.2. The standard InChI is InChI=1S/C38H56F2N2O5/c1-6-7-8-9-22-38(39,40)23-10-25-41-34(43)20-17-29-26(2)11-18-31-30(29)16-19-32-36(3,4)33(21-24-37(31,32)5)47-35(44)27-12-14-28(15-13-27)42(45)46/h12-15,30-33H,6-11,16-25H2,1-5H3,(H,41,43)/t30-,31-,32-,33-,37+/m0/s1. The van der Waals surface area contributed by atoms with Gasteiger partial charge in [-0.25, -0.2) is 13.6 Å². The van der Waals surface area contributed by atoms with Crippen LogP contribution in [0.2, 0.25) is 0 Å². The summed E-state index contributed by atoms with van der Waals surface area (Å²) in [5.74, 6) is -1.87. The predicted octanol–water partition coefficient (Wildman–Crippen LogP) is 9.98. The van der Waals surface area contributed by atoms with Crippen molar-refractivity contribution >= 4 is 17.6 Å². The van der Waals surface area contributed by atoms with Gasteiger partial charge in [0.05, 0.1) is 10.5 Å². The summed E-state index contributed by atoms with van der Waals surface area (Å²) in [5, 5.41) is 13.9. The van der Waals surface area contributed by atoms with Crippen molar-refractivity contribution in [3.05, 3.63) is 51.1 Å². The molecule has 47 heavy (non-hydrogen) atoms. The highest BCUT2D eigenvalue weighted by atomic mass is 19.3. The number of benzene rings is 1. The van der Waals surface area contributed by atoms with Gasteiger partial charge < -0.3 is 10.1 Å². The Morgan fingerprint density at radius 2 is 1.72 bits per heavy atom. The van der Waals surface area contributed by atoms with Gasteiger partial charge in [0.2, 0.25) is 11.8 Å². The third-order valence-corrected chi connectivity index (χ3v) is 12.0. The van der Waals surface area contributed by atoms with Crippen molar-refractivity contribution in [2.75, 3.05) is 6.54 Å². The summed E-state index contributed by atoms with van der Waals surface area (Å²) in [5.41, 5.74) is 2.92. The van der Waals surface area contributed by atoms with E-state index in [4.69, 9.17) is 4.74 Å².